The molecule has 4 heteroatoms. The van der Waals surface area contributed by atoms with Crippen molar-refractivity contribution in [3.63, 3.8) is 0 Å². The van der Waals surface area contributed by atoms with Crippen molar-refractivity contribution in [3.8, 4) is 0 Å². The Hall–Kier alpha value is 0.190. The fourth-order valence-electron chi connectivity index (χ4n) is 3.14. The Morgan fingerprint density at radius 3 is 1.73 bits per heavy atom. The summed E-state index contributed by atoms with van der Waals surface area (Å²) in [6.07, 6.45) is 17.6. The smallest absolute Gasteiger partial charge is 0.123 e. The maximum absolute atomic E-state index is 12.8. The van der Waals surface area contributed by atoms with Gasteiger partial charge in [-0.2, -0.15) is 11.8 Å². The molecule has 150 valence electrons. The first kappa shape index (κ1) is 24.2. The predicted molar refractivity (Wildman–Crippen MR) is 123 cm³/mol. The molecule has 0 unspecified atom stereocenters. The van der Waals surface area contributed by atoms with Gasteiger partial charge in [-0.1, -0.05) is 76.3 Å². The fraction of sp³-hybridized carbons (Fsp3) is 0.727. The van der Waals surface area contributed by atoms with Crippen LogP contribution < -0.4 is 0 Å². The molecule has 0 radical (unpaired) electrons. The molecule has 0 bridgehead atoms. The summed E-state index contributed by atoms with van der Waals surface area (Å²) < 4.78 is 17.8. The van der Waals surface area contributed by atoms with Crippen molar-refractivity contribution < 1.29 is 7.46 Å². The van der Waals surface area contributed by atoms with E-state index in [1.165, 1.54) is 88.4 Å². The van der Waals surface area contributed by atoms with Gasteiger partial charge in [0.15, 0.2) is 0 Å². The Labute approximate surface area is 178 Å². The summed E-state index contributed by atoms with van der Waals surface area (Å²) in [6.45, 7) is 0.874. The molecule has 0 aliphatic rings. The molecule has 0 saturated heterocycles. The second-order valence-corrected chi connectivity index (χ2v) is 8.89. The van der Waals surface area contributed by atoms with Crippen LogP contribution in [0.1, 0.15) is 82.6 Å². The quantitative estimate of drug-likeness (QED) is 0.150. The van der Waals surface area contributed by atoms with E-state index >= 15 is 0 Å². The van der Waals surface area contributed by atoms with Crippen LogP contribution in [0.4, 0.5) is 4.39 Å². The van der Waals surface area contributed by atoms with Crippen LogP contribution in [0, 0.1) is 5.82 Å². The topological polar surface area (TPSA) is 9.23 Å². The van der Waals surface area contributed by atoms with E-state index in [1.807, 2.05) is 46.9 Å². The van der Waals surface area contributed by atoms with Crippen LogP contribution >= 0.6 is 34.8 Å². The minimum absolute atomic E-state index is 0.134. The molecule has 0 amide bonds. The van der Waals surface area contributed by atoms with Gasteiger partial charge < -0.3 is 3.07 Å². The van der Waals surface area contributed by atoms with E-state index in [4.69, 9.17) is 3.07 Å². The average molecular weight is 494 g/mol. The van der Waals surface area contributed by atoms with Gasteiger partial charge in [-0.3, -0.25) is 0 Å². The Bertz CT molecular complexity index is 413. The van der Waals surface area contributed by atoms with Crippen molar-refractivity contribution in [2.24, 2.45) is 0 Å². The van der Waals surface area contributed by atoms with Crippen molar-refractivity contribution >= 4 is 34.8 Å². The molecule has 0 fully saturated rings. The third-order valence-corrected chi connectivity index (χ3v) is 6.20. The van der Waals surface area contributed by atoms with Crippen LogP contribution in [0.15, 0.2) is 24.3 Å². The van der Waals surface area contributed by atoms with Gasteiger partial charge in [-0.25, -0.2) is 4.39 Å². The summed E-state index contributed by atoms with van der Waals surface area (Å²) in [4.78, 5) is 0. The van der Waals surface area contributed by atoms with Gasteiger partial charge in [0.1, 0.15) is 28.8 Å². The van der Waals surface area contributed by atoms with E-state index < -0.39 is 0 Å². The SMILES string of the molecule is Fc1ccc(CCCCCCCCCCCCCCSCCOI)cc1. The molecule has 26 heavy (non-hydrogen) atoms. The summed E-state index contributed by atoms with van der Waals surface area (Å²) in [5, 5.41) is 0. The number of rotatable bonds is 18. The van der Waals surface area contributed by atoms with Gasteiger partial charge in [0, 0.05) is 5.75 Å². The van der Waals surface area contributed by atoms with Crippen LogP contribution in [0.3, 0.4) is 0 Å². The van der Waals surface area contributed by atoms with Crippen LogP contribution in [-0.2, 0) is 9.49 Å². The van der Waals surface area contributed by atoms with Crippen LogP contribution in [0.5, 0.6) is 0 Å². The van der Waals surface area contributed by atoms with Crippen molar-refractivity contribution in [3.05, 3.63) is 35.6 Å². The standard InChI is InChI=1S/C22H36FIOS/c23-22-16-14-21(15-17-22)13-11-9-7-5-3-1-2-4-6-8-10-12-19-26-20-18-25-24/h14-17H,1-13,18-20H2. The lowest BCUT2D eigenvalue weighted by molar-refractivity contribution is 0.463. The molecular weight excluding hydrogens is 458 g/mol. The number of hydrogen-bond acceptors (Lipinski definition) is 2. The van der Waals surface area contributed by atoms with Crippen LogP contribution in [0.25, 0.3) is 0 Å². The molecule has 0 aliphatic heterocycles. The fourth-order valence-corrected chi connectivity index (χ4v) is 4.48. The zero-order valence-corrected chi connectivity index (χ0v) is 19.2. The minimum atomic E-state index is -0.134. The van der Waals surface area contributed by atoms with E-state index in [2.05, 4.69) is 0 Å². The predicted octanol–water partition coefficient (Wildman–Crippen LogP) is 8.15. The maximum Gasteiger partial charge on any atom is 0.123 e. The summed E-state index contributed by atoms with van der Waals surface area (Å²) in [7, 11) is 0. The van der Waals surface area contributed by atoms with Gasteiger partial charge in [0.2, 0.25) is 0 Å². The van der Waals surface area contributed by atoms with Gasteiger partial charge in [-0.05, 0) is 42.7 Å². The largest absolute Gasteiger partial charge is 0.315 e. The number of aryl methyl sites for hydroxylation is 1. The molecule has 1 aromatic rings. The molecule has 0 aliphatic carbocycles. The first-order valence-corrected chi connectivity index (χ1v) is 12.4. The lowest BCUT2D eigenvalue weighted by atomic mass is 10.0. The number of unbranched alkanes of at least 4 members (excludes halogenated alkanes) is 11. The molecule has 1 nitrogen and oxygen atoms in total. The van der Waals surface area contributed by atoms with Crippen molar-refractivity contribution in [2.45, 2.75) is 83.5 Å². The highest BCUT2D eigenvalue weighted by Gasteiger charge is 1.96. The molecule has 1 rings (SSSR count). The summed E-state index contributed by atoms with van der Waals surface area (Å²) >= 11 is 3.98. The second-order valence-electron chi connectivity index (χ2n) is 7.04. The van der Waals surface area contributed by atoms with Gasteiger partial charge >= 0.3 is 0 Å². The highest BCUT2D eigenvalue weighted by atomic mass is 127. The minimum Gasteiger partial charge on any atom is -0.315 e. The molecule has 0 spiro atoms. The number of halogens is 2. The monoisotopic (exact) mass is 494 g/mol. The zero-order chi connectivity index (χ0) is 18.7. The average Bonchev–Trinajstić information content (AvgIpc) is 2.66. The molecule has 0 N–H and O–H groups in total. The number of hydrogen-bond donors (Lipinski definition) is 0. The molecule has 0 aromatic heterocycles. The Kier molecular flexibility index (Phi) is 17.3. The van der Waals surface area contributed by atoms with E-state index in [-0.39, 0.29) is 5.82 Å². The lowest BCUT2D eigenvalue weighted by Gasteiger charge is -2.04. The third-order valence-electron chi connectivity index (χ3n) is 4.72. The van der Waals surface area contributed by atoms with Crippen LogP contribution in [0.2, 0.25) is 0 Å². The molecule has 1 aromatic carbocycles. The number of thioether (sulfide) groups is 1. The zero-order valence-electron chi connectivity index (χ0n) is 16.2. The summed E-state index contributed by atoms with van der Waals surface area (Å²) in [5.74, 6) is 2.29. The number of benzene rings is 1. The van der Waals surface area contributed by atoms with Crippen LogP contribution in [-0.4, -0.2) is 18.1 Å². The Morgan fingerprint density at radius 2 is 1.19 bits per heavy atom. The highest BCUT2D eigenvalue weighted by Crippen LogP contribution is 2.14. The maximum atomic E-state index is 12.8. The second kappa shape index (κ2) is 18.5. The summed E-state index contributed by atoms with van der Waals surface area (Å²) in [5.41, 5.74) is 1.26. The molecule has 0 heterocycles. The third kappa shape index (κ3) is 15.3. The van der Waals surface area contributed by atoms with Crippen molar-refractivity contribution in [1.82, 2.24) is 0 Å². The van der Waals surface area contributed by atoms with E-state index in [0.29, 0.717) is 0 Å². The molecule has 0 atom stereocenters. The first-order valence-electron chi connectivity index (χ1n) is 10.4. The Morgan fingerprint density at radius 1 is 0.692 bits per heavy atom. The van der Waals surface area contributed by atoms with Gasteiger partial charge in [0.25, 0.3) is 0 Å². The Balaban J connectivity index is 1.72. The van der Waals surface area contributed by atoms with E-state index in [0.717, 1.165) is 18.8 Å². The van der Waals surface area contributed by atoms with Gasteiger partial charge in [0.05, 0.1) is 6.61 Å². The lowest BCUT2D eigenvalue weighted by Crippen LogP contribution is -1.90. The summed E-state index contributed by atoms with van der Waals surface area (Å²) in [6, 6.07) is 6.96. The van der Waals surface area contributed by atoms with Crippen molar-refractivity contribution in [2.75, 3.05) is 18.1 Å². The highest BCUT2D eigenvalue weighted by molar-refractivity contribution is 14.1. The molecule has 0 saturated carbocycles. The van der Waals surface area contributed by atoms with E-state index in [1.54, 1.807) is 12.1 Å². The molecular formula is C22H36FIOS. The van der Waals surface area contributed by atoms with E-state index in [9.17, 15) is 4.39 Å². The van der Waals surface area contributed by atoms with Gasteiger partial charge in [-0.15, -0.1) is 0 Å². The normalized spacial score (nSPS) is 11.2. The first-order chi connectivity index (χ1) is 12.8. The van der Waals surface area contributed by atoms with Crippen molar-refractivity contribution in [1.29, 1.82) is 0 Å².